The topological polar surface area (TPSA) is 90.5 Å². The predicted octanol–water partition coefficient (Wildman–Crippen LogP) is 4.12. The second-order valence-electron chi connectivity index (χ2n) is 7.79. The van der Waals surface area contributed by atoms with E-state index in [1.807, 2.05) is 75.7 Å². The fourth-order valence-corrected chi connectivity index (χ4v) is 4.21. The molecule has 0 spiro atoms. The number of aromatic nitrogens is 6. The van der Waals surface area contributed by atoms with Crippen LogP contribution in [0.3, 0.4) is 0 Å². The van der Waals surface area contributed by atoms with Crippen molar-refractivity contribution in [1.29, 1.82) is 0 Å². The zero-order valence-corrected chi connectivity index (χ0v) is 19.6. The molecule has 0 aliphatic carbocycles. The van der Waals surface area contributed by atoms with Crippen LogP contribution in [0, 0.1) is 34.6 Å². The van der Waals surface area contributed by atoms with Crippen molar-refractivity contribution in [1.82, 2.24) is 30.0 Å². The molecule has 0 unspecified atom stereocenters. The van der Waals surface area contributed by atoms with Crippen molar-refractivity contribution in [3.05, 3.63) is 70.5 Å². The molecule has 32 heavy (non-hydrogen) atoms. The van der Waals surface area contributed by atoms with Gasteiger partial charge < -0.3 is 5.32 Å². The molecule has 4 rings (SSSR count). The molecule has 2 aromatic heterocycles. The molecule has 1 N–H and O–H groups in total. The molecule has 0 atom stereocenters. The Kier molecular flexibility index (Phi) is 6.09. The Hall–Kier alpha value is -3.46. The van der Waals surface area contributed by atoms with E-state index in [1.165, 1.54) is 22.9 Å². The highest BCUT2D eigenvalue weighted by Gasteiger charge is 2.17. The summed E-state index contributed by atoms with van der Waals surface area (Å²) in [7, 11) is 0. The van der Waals surface area contributed by atoms with E-state index in [0.29, 0.717) is 5.16 Å². The highest BCUT2D eigenvalue weighted by molar-refractivity contribution is 7.99. The zero-order valence-electron chi connectivity index (χ0n) is 18.7. The van der Waals surface area contributed by atoms with Gasteiger partial charge in [0.25, 0.3) is 0 Å². The van der Waals surface area contributed by atoms with Gasteiger partial charge >= 0.3 is 0 Å². The van der Waals surface area contributed by atoms with Gasteiger partial charge in [-0.3, -0.25) is 4.79 Å². The van der Waals surface area contributed by atoms with Crippen molar-refractivity contribution in [2.75, 3.05) is 11.1 Å². The van der Waals surface area contributed by atoms with E-state index in [-0.39, 0.29) is 11.7 Å². The smallest absolute Gasteiger partial charge is 0.234 e. The predicted molar refractivity (Wildman–Crippen MR) is 126 cm³/mol. The third-order valence-corrected chi connectivity index (χ3v) is 6.11. The molecule has 4 aromatic rings. The standard InChI is InChI=1S/C23H25N7OS/c1-14-6-9-19(10-7-14)29-18(5)22(17(4)26-29)24-21(31)13-32-23-25-27-28-30(23)20-11-8-15(2)12-16(20)3/h6-12H,13H2,1-5H3,(H,24,31). The summed E-state index contributed by atoms with van der Waals surface area (Å²) in [6, 6.07) is 14.2. The number of amides is 1. The number of carbonyl (C=O) groups is 1. The third kappa shape index (κ3) is 4.43. The molecule has 164 valence electrons. The molecule has 8 nitrogen and oxygen atoms in total. The second-order valence-corrected chi connectivity index (χ2v) is 8.74. The average molecular weight is 448 g/mol. The molecule has 0 aliphatic rings. The van der Waals surface area contributed by atoms with E-state index in [1.54, 1.807) is 4.68 Å². The Balaban J connectivity index is 1.47. The summed E-state index contributed by atoms with van der Waals surface area (Å²) in [5.41, 5.74) is 7.65. The van der Waals surface area contributed by atoms with Crippen LogP contribution in [0.1, 0.15) is 28.1 Å². The number of nitrogens with one attached hydrogen (secondary N) is 1. The molecule has 1 amide bonds. The van der Waals surface area contributed by atoms with E-state index in [0.717, 1.165) is 34.0 Å². The molecule has 0 bridgehead atoms. The molecule has 9 heteroatoms. The van der Waals surface area contributed by atoms with Crippen LogP contribution in [0.2, 0.25) is 0 Å². The third-order valence-electron chi connectivity index (χ3n) is 5.19. The SMILES string of the molecule is Cc1ccc(-n2nc(C)c(NC(=O)CSc3nnnn3-c3ccc(C)cc3C)c2C)cc1. The minimum absolute atomic E-state index is 0.139. The molecule has 0 radical (unpaired) electrons. The lowest BCUT2D eigenvalue weighted by Crippen LogP contribution is -2.16. The van der Waals surface area contributed by atoms with Crippen LogP contribution in [-0.4, -0.2) is 41.6 Å². The van der Waals surface area contributed by atoms with Crippen LogP contribution in [0.5, 0.6) is 0 Å². The maximum absolute atomic E-state index is 12.7. The fraction of sp³-hybridized carbons (Fsp3) is 0.261. The van der Waals surface area contributed by atoms with Gasteiger partial charge in [-0.05, 0) is 68.8 Å². The van der Waals surface area contributed by atoms with Gasteiger partial charge in [0.05, 0.1) is 34.2 Å². The number of hydrogen-bond donors (Lipinski definition) is 1. The molecule has 0 saturated carbocycles. The molecule has 0 saturated heterocycles. The van der Waals surface area contributed by atoms with Crippen LogP contribution >= 0.6 is 11.8 Å². The van der Waals surface area contributed by atoms with E-state index in [4.69, 9.17) is 0 Å². The normalized spacial score (nSPS) is 11.0. The number of benzene rings is 2. The largest absolute Gasteiger partial charge is 0.322 e. The lowest BCUT2D eigenvalue weighted by Gasteiger charge is -2.09. The van der Waals surface area contributed by atoms with Gasteiger partial charge in [0.2, 0.25) is 11.1 Å². The molecule has 0 aliphatic heterocycles. The minimum Gasteiger partial charge on any atom is -0.322 e. The Morgan fingerprint density at radius 1 is 0.969 bits per heavy atom. The lowest BCUT2D eigenvalue weighted by atomic mass is 10.1. The highest BCUT2D eigenvalue weighted by atomic mass is 32.2. The van der Waals surface area contributed by atoms with E-state index in [2.05, 4.69) is 32.0 Å². The first kappa shape index (κ1) is 21.8. The second kappa shape index (κ2) is 8.96. The molecule has 0 fully saturated rings. The van der Waals surface area contributed by atoms with Gasteiger partial charge in [-0.1, -0.05) is 47.2 Å². The van der Waals surface area contributed by atoms with Crippen molar-refractivity contribution >= 4 is 23.4 Å². The fourth-order valence-electron chi connectivity index (χ4n) is 3.53. The first-order chi connectivity index (χ1) is 15.3. The Bertz CT molecular complexity index is 1270. The summed E-state index contributed by atoms with van der Waals surface area (Å²) in [5.74, 6) is 0.0414. The van der Waals surface area contributed by atoms with Gasteiger partial charge in [0.1, 0.15) is 0 Å². The maximum atomic E-state index is 12.7. The van der Waals surface area contributed by atoms with Crippen LogP contribution in [-0.2, 0) is 4.79 Å². The number of thioether (sulfide) groups is 1. The number of hydrogen-bond acceptors (Lipinski definition) is 6. The van der Waals surface area contributed by atoms with Gasteiger partial charge in [-0.15, -0.1) is 5.10 Å². The van der Waals surface area contributed by atoms with Crippen molar-refractivity contribution in [2.45, 2.75) is 39.8 Å². The van der Waals surface area contributed by atoms with E-state index in [9.17, 15) is 4.79 Å². The van der Waals surface area contributed by atoms with Crippen molar-refractivity contribution < 1.29 is 4.79 Å². The summed E-state index contributed by atoms with van der Waals surface area (Å²) in [6.45, 7) is 9.94. The summed E-state index contributed by atoms with van der Waals surface area (Å²) in [5, 5.41) is 20.1. The van der Waals surface area contributed by atoms with Crippen molar-refractivity contribution in [2.24, 2.45) is 0 Å². The molecule has 2 aromatic carbocycles. The Morgan fingerprint density at radius 3 is 2.41 bits per heavy atom. The number of tetrazole rings is 1. The number of anilines is 1. The highest BCUT2D eigenvalue weighted by Crippen LogP contribution is 2.25. The zero-order chi connectivity index (χ0) is 22.8. The summed E-state index contributed by atoms with van der Waals surface area (Å²) in [4.78, 5) is 12.7. The molecule has 2 heterocycles. The number of carbonyl (C=O) groups excluding carboxylic acids is 1. The lowest BCUT2D eigenvalue weighted by molar-refractivity contribution is -0.113. The Morgan fingerprint density at radius 2 is 1.69 bits per heavy atom. The summed E-state index contributed by atoms with van der Waals surface area (Å²) < 4.78 is 3.51. The number of rotatable bonds is 6. The van der Waals surface area contributed by atoms with Gasteiger partial charge in [-0.2, -0.15) is 9.78 Å². The number of aryl methyl sites for hydroxylation is 4. The van der Waals surface area contributed by atoms with Crippen LogP contribution < -0.4 is 5.32 Å². The van der Waals surface area contributed by atoms with Crippen molar-refractivity contribution in [3.63, 3.8) is 0 Å². The van der Waals surface area contributed by atoms with Crippen LogP contribution in [0.25, 0.3) is 11.4 Å². The van der Waals surface area contributed by atoms with Gasteiger partial charge in [-0.25, -0.2) is 4.68 Å². The average Bonchev–Trinajstić information content (AvgIpc) is 3.33. The monoisotopic (exact) mass is 447 g/mol. The first-order valence-electron chi connectivity index (χ1n) is 10.3. The van der Waals surface area contributed by atoms with E-state index >= 15 is 0 Å². The quantitative estimate of drug-likeness (QED) is 0.447. The maximum Gasteiger partial charge on any atom is 0.234 e. The van der Waals surface area contributed by atoms with Crippen LogP contribution in [0.15, 0.2) is 47.6 Å². The Labute approximate surface area is 191 Å². The minimum atomic E-state index is -0.139. The van der Waals surface area contributed by atoms with Crippen molar-refractivity contribution in [3.8, 4) is 11.4 Å². The summed E-state index contributed by atoms with van der Waals surface area (Å²) in [6.07, 6.45) is 0. The molecular weight excluding hydrogens is 422 g/mol. The summed E-state index contributed by atoms with van der Waals surface area (Å²) >= 11 is 1.29. The number of nitrogens with zero attached hydrogens (tertiary/aromatic N) is 6. The van der Waals surface area contributed by atoms with E-state index < -0.39 is 0 Å². The molecular formula is C23H25N7OS. The van der Waals surface area contributed by atoms with Gasteiger partial charge in [0.15, 0.2) is 0 Å². The first-order valence-corrected chi connectivity index (χ1v) is 11.2. The van der Waals surface area contributed by atoms with Gasteiger partial charge in [0, 0.05) is 0 Å². The van der Waals surface area contributed by atoms with Crippen LogP contribution in [0.4, 0.5) is 5.69 Å².